The Morgan fingerprint density at radius 2 is 1.86 bits per heavy atom. The minimum Gasteiger partial charge on any atom is -0.404 e. The molecule has 28 heavy (non-hydrogen) atoms. The Labute approximate surface area is 165 Å². The molecule has 1 fully saturated rings. The summed E-state index contributed by atoms with van der Waals surface area (Å²) in [5.74, 6) is -0.212. The molecule has 1 saturated carbocycles. The zero-order valence-corrected chi connectivity index (χ0v) is 16.6. The number of aryl methyl sites for hydroxylation is 1. The molecule has 1 aliphatic rings. The number of nitrogens with two attached hydrogens (primary N) is 1. The van der Waals surface area contributed by atoms with E-state index in [4.69, 9.17) is 5.73 Å². The highest BCUT2D eigenvalue weighted by Gasteiger charge is 2.46. The van der Waals surface area contributed by atoms with Crippen molar-refractivity contribution >= 4 is 17.2 Å². The third kappa shape index (κ3) is 3.42. The van der Waals surface area contributed by atoms with Crippen molar-refractivity contribution in [1.29, 1.82) is 0 Å². The highest BCUT2D eigenvalue weighted by atomic mass is 19.1. The lowest BCUT2D eigenvalue weighted by Crippen LogP contribution is -2.32. The molecule has 2 aromatic carbocycles. The van der Waals surface area contributed by atoms with Crippen LogP contribution in [0.5, 0.6) is 0 Å². The van der Waals surface area contributed by atoms with E-state index >= 15 is 0 Å². The summed E-state index contributed by atoms with van der Waals surface area (Å²) in [6.45, 7) is 9.75. The van der Waals surface area contributed by atoms with Gasteiger partial charge in [-0.2, -0.15) is 0 Å². The van der Waals surface area contributed by atoms with E-state index in [2.05, 4.69) is 11.6 Å². The number of benzene rings is 2. The van der Waals surface area contributed by atoms with Gasteiger partial charge in [-0.3, -0.25) is 9.79 Å². The topological polar surface area (TPSA) is 55.5 Å². The molecule has 2 aromatic rings. The SMILES string of the molecule is C=C(N=C1C[C@](C(C)=O)(c2cccc(C)c2C)C/C1=C/N)c1ccc(F)cc1. The maximum Gasteiger partial charge on any atom is 0.141 e. The lowest BCUT2D eigenvalue weighted by molar-refractivity contribution is -0.122. The largest absolute Gasteiger partial charge is 0.404 e. The summed E-state index contributed by atoms with van der Waals surface area (Å²) in [4.78, 5) is 17.5. The molecule has 0 saturated heterocycles. The van der Waals surface area contributed by atoms with Crippen molar-refractivity contribution in [3.8, 4) is 0 Å². The number of ketones is 1. The fourth-order valence-electron chi connectivity index (χ4n) is 3.92. The quantitative estimate of drug-likeness (QED) is 0.815. The standard InChI is InChI=1S/C24H25FN2O/c1-15-6-5-7-22(16(15)2)24(18(4)28)12-20(14-26)23(13-24)27-17(3)19-8-10-21(25)11-9-19/h5-11,14H,3,12-13,26H2,1-2,4H3/b20-14-,27-23?/t24-/m1/s1. The monoisotopic (exact) mass is 376 g/mol. The van der Waals surface area contributed by atoms with Crippen LogP contribution in [0.4, 0.5) is 4.39 Å². The van der Waals surface area contributed by atoms with E-state index in [0.717, 1.165) is 33.5 Å². The van der Waals surface area contributed by atoms with E-state index in [-0.39, 0.29) is 11.6 Å². The second-order valence-electron chi connectivity index (χ2n) is 7.44. The molecule has 0 aliphatic heterocycles. The van der Waals surface area contributed by atoms with Crippen LogP contribution < -0.4 is 5.73 Å². The predicted octanol–water partition coefficient (Wildman–Crippen LogP) is 5.02. The molecule has 0 bridgehead atoms. The number of halogens is 1. The summed E-state index contributed by atoms with van der Waals surface area (Å²) < 4.78 is 13.2. The van der Waals surface area contributed by atoms with Crippen molar-refractivity contribution in [2.75, 3.05) is 0 Å². The first kappa shape index (κ1) is 19.7. The van der Waals surface area contributed by atoms with Crippen LogP contribution in [-0.2, 0) is 10.2 Å². The Bertz CT molecular complexity index is 1000. The third-order valence-corrected chi connectivity index (χ3v) is 5.77. The predicted molar refractivity (Wildman–Crippen MR) is 113 cm³/mol. The van der Waals surface area contributed by atoms with Gasteiger partial charge >= 0.3 is 0 Å². The average Bonchev–Trinajstić information content (AvgIpc) is 3.04. The molecular weight excluding hydrogens is 351 g/mol. The van der Waals surface area contributed by atoms with Gasteiger partial charge in [-0.1, -0.05) is 24.8 Å². The van der Waals surface area contributed by atoms with E-state index in [1.807, 2.05) is 32.0 Å². The molecule has 1 atom stereocenters. The van der Waals surface area contributed by atoms with Crippen molar-refractivity contribution < 1.29 is 9.18 Å². The van der Waals surface area contributed by atoms with E-state index in [1.165, 1.54) is 18.3 Å². The molecule has 0 amide bonds. The molecule has 0 spiro atoms. The van der Waals surface area contributed by atoms with Gasteiger partial charge in [0.2, 0.25) is 0 Å². The summed E-state index contributed by atoms with van der Waals surface area (Å²) in [5, 5.41) is 0. The van der Waals surface area contributed by atoms with Crippen LogP contribution >= 0.6 is 0 Å². The number of nitrogens with zero attached hydrogens (tertiary/aromatic N) is 1. The normalized spacial score (nSPS) is 22.0. The molecule has 0 unspecified atom stereocenters. The molecular formula is C24H25FN2O. The first-order valence-corrected chi connectivity index (χ1v) is 9.30. The zero-order chi connectivity index (χ0) is 20.5. The maximum atomic E-state index is 13.2. The summed E-state index contributed by atoms with van der Waals surface area (Å²) in [6, 6.07) is 12.1. The smallest absolute Gasteiger partial charge is 0.141 e. The number of allylic oxidation sites excluding steroid dienone is 1. The molecule has 3 nitrogen and oxygen atoms in total. The van der Waals surface area contributed by atoms with Crippen LogP contribution in [-0.4, -0.2) is 11.5 Å². The van der Waals surface area contributed by atoms with E-state index in [0.29, 0.717) is 18.5 Å². The number of rotatable bonds is 4. The van der Waals surface area contributed by atoms with Gasteiger partial charge in [0.15, 0.2) is 0 Å². The van der Waals surface area contributed by atoms with Gasteiger partial charge in [0.05, 0.1) is 11.1 Å². The Morgan fingerprint density at radius 3 is 2.46 bits per heavy atom. The first-order chi connectivity index (χ1) is 13.3. The van der Waals surface area contributed by atoms with Crippen LogP contribution in [0.2, 0.25) is 0 Å². The van der Waals surface area contributed by atoms with Gasteiger partial charge in [0, 0.05) is 12.1 Å². The molecule has 1 aliphatic carbocycles. The van der Waals surface area contributed by atoms with E-state index in [9.17, 15) is 9.18 Å². The molecule has 0 heterocycles. The number of aliphatic imine (C=N–C) groups is 1. The molecule has 0 radical (unpaired) electrons. The van der Waals surface area contributed by atoms with Crippen LogP contribution in [0.3, 0.4) is 0 Å². The maximum absolute atomic E-state index is 13.2. The van der Waals surface area contributed by atoms with Gasteiger partial charge in [-0.15, -0.1) is 0 Å². The summed E-state index contributed by atoms with van der Waals surface area (Å²) in [7, 11) is 0. The van der Waals surface area contributed by atoms with Gasteiger partial charge in [-0.05, 0) is 85.5 Å². The molecule has 144 valence electrons. The van der Waals surface area contributed by atoms with Gasteiger partial charge in [-0.25, -0.2) is 4.39 Å². The molecule has 2 N–H and O–H groups in total. The fraction of sp³-hybridized carbons (Fsp3) is 0.250. The number of carbonyl (C=O) groups excluding carboxylic acids is 1. The zero-order valence-electron chi connectivity index (χ0n) is 16.6. The minimum atomic E-state index is -0.677. The van der Waals surface area contributed by atoms with Crippen molar-refractivity contribution in [2.45, 2.75) is 39.0 Å². The highest BCUT2D eigenvalue weighted by molar-refractivity contribution is 6.11. The van der Waals surface area contributed by atoms with Crippen LogP contribution in [0.25, 0.3) is 5.70 Å². The van der Waals surface area contributed by atoms with Gasteiger partial charge < -0.3 is 5.73 Å². The van der Waals surface area contributed by atoms with Gasteiger partial charge in [0.25, 0.3) is 0 Å². The Hall–Kier alpha value is -3.01. The Balaban J connectivity index is 2.05. The fourth-order valence-corrected chi connectivity index (χ4v) is 3.92. The Kier molecular flexibility index (Phi) is 5.32. The van der Waals surface area contributed by atoms with Crippen molar-refractivity contribution in [3.63, 3.8) is 0 Å². The first-order valence-electron chi connectivity index (χ1n) is 9.30. The summed E-state index contributed by atoms with van der Waals surface area (Å²) in [6.07, 6.45) is 2.52. The lowest BCUT2D eigenvalue weighted by atomic mass is 9.73. The molecule has 0 aromatic heterocycles. The molecule has 3 rings (SSSR count). The highest BCUT2D eigenvalue weighted by Crippen LogP contribution is 2.45. The van der Waals surface area contributed by atoms with Crippen LogP contribution in [0.15, 0.2) is 65.8 Å². The summed E-state index contributed by atoms with van der Waals surface area (Å²) in [5.41, 5.74) is 11.4. The van der Waals surface area contributed by atoms with Crippen molar-refractivity contribution in [3.05, 3.63) is 88.9 Å². The Morgan fingerprint density at radius 1 is 1.18 bits per heavy atom. The minimum absolute atomic E-state index is 0.0955. The van der Waals surface area contributed by atoms with Crippen LogP contribution in [0, 0.1) is 19.7 Å². The van der Waals surface area contributed by atoms with Gasteiger partial charge in [0.1, 0.15) is 11.6 Å². The molecule has 4 heteroatoms. The third-order valence-electron chi connectivity index (χ3n) is 5.77. The number of Topliss-reactive ketones (excluding diaryl/α,β-unsaturated/α-hetero) is 1. The number of carbonyl (C=O) groups is 1. The van der Waals surface area contributed by atoms with Crippen molar-refractivity contribution in [2.24, 2.45) is 10.7 Å². The second kappa shape index (κ2) is 7.55. The van der Waals surface area contributed by atoms with E-state index in [1.54, 1.807) is 19.1 Å². The van der Waals surface area contributed by atoms with Crippen molar-refractivity contribution in [1.82, 2.24) is 0 Å². The number of hydrogen-bond acceptors (Lipinski definition) is 3. The second-order valence-corrected chi connectivity index (χ2v) is 7.44. The lowest BCUT2D eigenvalue weighted by Gasteiger charge is -2.28. The number of hydrogen-bond donors (Lipinski definition) is 1. The average molecular weight is 376 g/mol. The summed E-state index contributed by atoms with van der Waals surface area (Å²) >= 11 is 0. The van der Waals surface area contributed by atoms with E-state index < -0.39 is 5.41 Å². The van der Waals surface area contributed by atoms with Crippen LogP contribution in [0.1, 0.15) is 42.0 Å².